The van der Waals surface area contributed by atoms with Crippen molar-refractivity contribution in [3.8, 4) is 11.4 Å². The average molecular weight is 302 g/mol. The third-order valence-corrected chi connectivity index (χ3v) is 3.39. The molecule has 1 aromatic carbocycles. The van der Waals surface area contributed by atoms with E-state index in [1.165, 1.54) is 6.20 Å². The molecule has 0 aliphatic heterocycles. The predicted molar refractivity (Wildman–Crippen MR) is 72.4 cm³/mol. The molecule has 1 N–H and O–H groups in total. The number of halogens is 1. The van der Waals surface area contributed by atoms with E-state index in [9.17, 15) is 4.79 Å². The molecule has 0 saturated carbocycles. The van der Waals surface area contributed by atoms with E-state index in [0.29, 0.717) is 11.5 Å². The normalized spacial score (nSPS) is 10.7. The summed E-state index contributed by atoms with van der Waals surface area (Å²) in [5.74, 6) is 0.647. The summed E-state index contributed by atoms with van der Waals surface area (Å²) in [4.78, 5) is 22.2. The van der Waals surface area contributed by atoms with Crippen molar-refractivity contribution < 1.29 is 4.79 Å². The van der Waals surface area contributed by atoms with Gasteiger partial charge in [0.05, 0.1) is 17.4 Å². The highest BCUT2D eigenvalue weighted by molar-refractivity contribution is 9.10. The first kappa shape index (κ1) is 11.1. The van der Waals surface area contributed by atoms with Crippen molar-refractivity contribution in [3.05, 3.63) is 46.8 Å². The number of imidazole rings is 1. The lowest BCUT2D eigenvalue weighted by molar-refractivity contribution is 0.111. The van der Waals surface area contributed by atoms with Crippen LogP contribution >= 0.6 is 15.9 Å². The van der Waals surface area contributed by atoms with Crippen LogP contribution in [0.5, 0.6) is 0 Å². The summed E-state index contributed by atoms with van der Waals surface area (Å²) in [6.45, 7) is 0. The standard InChI is InChI=1S/C13H8BrN3O/c14-11-4-3-10(12-9(11)2-1-5-15-12)13-16-6-8(7-18)17-13/h1-7H,(H,16,17). The number of H-pyrrole nitrogens is 1. The Kier molecular flexibility index (Phi) is 2.68. The second kappa shape index (κ2) is 4.34. The van der Waals surface area contributed by atoms with Crippen molar-refractivity contribution in [2.45, 2.75) is 0 Å². The second-order valence-corrected chi connectivity index (χ2v) is 4.65. The van der Waals surface area contributed by atoms with Gasteiger partial charge in [-0.2, -0.15) is 0 Å². The molecular weight excluding hydrogens is 294 g/mol. The third-order valence-electron chi connectivity index (χ3n) is 2.69. The molecule has 0 unspecified atom stereocenters. The molecular formula is C13H8BrN3O. The largest absolute Gasteiger partial charge is 0.336 e. The van der Waals surface area contributed by atoms with Gasteiger partial charge in [-0.3, -0.25) is 9.78 Å². The van der Waals surface area contributed by atoms with Crippen LogP contribution in [0.2, 0.25) is 0 Å². The highest BCUT2D eigenvalue weighted by Crippen LogP contribution is 2.30. The van der Waals surface area contributed by atoms with Crippen molar-refractivity contribution >= 4 is 33.1 Å². The fourth-order valence-corrected chi connectivity index (χ4v) is 2.31. The van der Waals surface area contributed by atoms with Crippen molar-refractivity contribution in [3.63, 3.8) is 0 Å². The van der Waals surface area contributed by atoms with E-state index in [-0.39, 0.29) is 0 Å². The van der Waals surface area contributed by atoms with E-state index >= 15 is 0 Å². The SMILES string of the molecule is O=Cc1cnc(-c2ccc(Br)c3cccnc23)[nH]1. The number of carbonyl (C=O) groups excluding carboxylic acids is 1. The molecule has 88 valence electrons. The van der Waals surface area contributed by atoms with Gasteiger partial charge in [0.15, 0.2) is 6.29 Å². The number of nitrogens with zero attached hydrogens (tertiary/aromatic N) is 2. The summed E-state index contributed by atoms with van der Waals surface area (Å²) in [6, 6.07) is 7.74. The van der Waals surface area contributed by atoms with Gasteiger partial charge in [0.2, 0.25) is 0 Å². The number of nitrogens with one attached hydrogen (secondary N) is 1. The van der Waals surface area contributed by atoms with Crippen molar-refractivity contribution in [1.29, 1.82) is 0 Å². The first-order valence-corrected chi connectivity index (χ1v) is 6.12. The topological polar surface area (TPSA) is 58.6 Å². The molecule has 0 fully saturated rings. The van der Waals surface area contributed by atoms with Gasteiger partial charge in [0.25, 0.3) is 0 Å². The first-order valence-electron chi connectivity index (χ1n) is 5.33. The number of pyridine rings is 1. The summed E-state index contributed by atoms with van der Waals surface area (Å²) in [6.07, 6.45) is 3.99. The Balaban J connectivity index is 2.29. The summed E-state index contributed by atoms with van der Waals surface area (Å²) in [7, 11) is 0. The van der Waals surface area contributed by atoms with Crippen LogP contribution in [0.25, 0.3) is 22.3 Å². The van der Waals surface area contributed by atoms with Gasteiger partial charge in [-0.15, -0.1) is 0 Å². The van der Waals surface area contributed by atoms with Crippen molar-refractivity contribution in [1.82, 2.24) is 15.0 Å². The van der Waals surface area contributed by atoms with Crippen LogP contribution in [0.15, 0.2) is 41.1 Å². The second-order valence-electron chi connectivity index (χ2n) is 3.80. The molecule has 0 saturated heterocycles. The number of carbonyl (C=O) groups is 1. The zero-order chi connectivity index (χ0) is 12.5. The van der Waals surface area contributed by atoms with Crippen molar-refractivity contribution in [2.75, 3.05) is 0 Å². The lowest BCUT2D eigenvalue weighted by Crippen LogP contribution is -1.87. The number of benzene rings is 1. The Morgan fingerprint density at radius 1 is 1.22 bits per heavy atom. The van der Waals surface area contributed by atoms with Crippen LogP contribution in [0.3, 0.4) is 0 Å². The molecule has 5 heteroatoms. The van der Waals surface area contributed by atoms with Crippen LogP contribution in [-0.4, -0.2) is 21.2 Å². The number of aromatic nitrogens is 3. The maximum Gasteiger partial charge on any atom is 0.167 e. The fourth-order valence-electron chi connectivity index (χ4n) is 1.86. The van der Waals surface area contributed by atoms with Gasteiger partial charge in [0, 0.05) is 21.6 Å². The molecule has 3 aromatic rings. The first-order chi connectivity index (χ1) is 8.79. The number of hydrogen-bond donors (Lipinski definition) is 1. The molecule has 2 aromatic heterocycles. The molecule has 0 spiro atoms. The summed E-state index contributed by atoms with van der Waals surface area (Å²) >= 11 is 3.50. The maximum absolute atomic E-state index is 10.7. The van der Waals surface area contributed by atoms with Crippen LogP contribution in [0.1, 0.15) is 10.5 Å². The van der Waals surface area contributed by atoms with Crippen molar-refractivity contribution in [2.24, 2.45) is 0 Å². The monoisotopic (exact) mass is 301 g/mol. The van der Waals surface area contributed by atoms with Gasteiger partial charge in [-0.1, -0.05) is 22.0 Å². The summed E-state index contributed by atoms with van der Waals surface area (Å²) < 4.78 is 0.983. The molecule has 0 aliphatic rings. The number of aldehydes is 1. The average Bonchev–Trinajstić information content (AvgIpc) is 2.88. The van der Waals surface area contributed by atoms with E-state index in [4.69, 9.17) is 0 Å². The number of hydrogen-bond acceptors (Lipinski definition) is 3. The Morgan fingerprint density at radius 2 is 2.11 bits per heavy atom. The van der Waals surface area contributed by atoms with Gasteiger partial charge < -0.3 is 4.98 Å². The Morgan fingerprint density at radius 3 is 2.89 bits per heavy atom. The van der Waals surface area contributed by atoms with Crippen LogP contribution in [-0.2, 0) is 0 Å². The minimum atomic E-state index is 0.456. The lowest BCUT2D eigenvalue weighted by atomic mass is 10.1. The molecule has 0 aliphatic carbocycles. The molecule has 2 heterocycles. The van der Waals surface area contributed by atoms with E-state index in [1.54, 1.807) is 6.20 Å². The molecule has 0 atom stereocenters. The highest BCUT2D eigenvalue weighted by Gasteiger charge is 2.10. The quantitative estimate of drug-likeness (QED) is 0.740. The van der Waals surface area contributed by atoms with Crippen LogP contribution in [0.4, 0.5) is 0 Å². The molecule has 3 rings (SSSR count). The Labute approximate surface area is 111 Å². The summed E-state index contributed by atoms with van der Waals surface area (Å²) in [5, 5.41) is 1.01. The van der Waals surface area contributed by atoms with E-state index in [2.05, 4.69) is 30.9 Å². The molecule has 18 heavy (non-hydrogen) atoms. The fraction of sp³-hybridized carbons (Fsp3) is 0. The lowest BCUT2D eigenvalue weighted by Gasteiger charge is -2.04. The van der Waals surface area contributed by atoms with E-state index in [0.717, 1.165) is 27.2 Å². The molecule has 0 bridgehead atoms. The minimum Gasteiger partial charge on any atom is -0.336 e. The molecule has 0 amide bonds. The Hall–Kier alpha value is -2.01. The summed E-state index contributed by atoms with van der Waals surface area (Å²) in [5.41, 5.74) is 2.18. The molecule has 4 nitrogen and oxygen atoms in total. The smallest absolute Gasteiger partial charge is 0.167 e. The van der Waals surface area contributed by atoms with Gasteiger partial charge >= 0.3 is 0 Å². The minimum absolute atomic E-state index is 0.456. The van der Waals surface area contributed by atoms with E-state index in [1.807, 2.05) is 24.3 Å². The third kappa shape index (κ3) is 1.73. The molecule has 0 radical (unpaired) electrons. The van der Waals surface area contributed by atoms with Crippen LogP contribution < -0.4 is 0 Å². The van der Waals surface area contributed by atoms with Gasteiger partial charge in [-0.05, 0) is 18.2 Å². The van der Waals surface area contributed by atoms with Gasteiger partial charge in [-0.25, -0.2) is 4.98 Å². The van der Waals surface area contributed by atoms with E-state index < -0.39 is 0 Å². The Bertz CT molecular complexity index is 736. The highest BCUT2D eigenvalue weighted by atomic mass is 79.9. The zero-order valence-electron chi connectivity index (χ0n) is 9.22. The number of fused-ring (bicyclic) bond motifs is 1. The van der Waals surface area contributed by atoms with Crippen LogP contribution in [0, 0.1) is 0 Å². The van der Waals surface area contributed by atoms with Gasteiger partial charge in [0.1, 0.15) is 5.82 Å². The maximum atomic E-state index is 10.7. The predicted octanol–water partition coefficient (Wildman–Crippen LogP) is 3.20. The number of rotatable bonds is 2. The number of aromatic amines is 1. The zero-order valence-corrected chi connectivity index (χ0v) is 10.8.